The minimum absolute atomic E-state index is 0.140. The van der Waals surface area contributed by atoms with Crippen LogP contribution in [0.2, 0.25) is 0 Å². The average molecular weight is 205 g/mol. The maximum absolute atomic E-state index is 10.9. The second kappa shape index (κ2) is 3.05. The van der Waals surface area contributed by atoms with Crippen LogP contribution in [0.15, 0.2) is 6.20 Å². The molecule has 0 radical (unpaired) electrons. The van der Waals surface area contributed by atoms with Crippen molar-refractivity contribution in [1.29, 1.82) is 0 Å². The van der Waals surface area contributed by atoms with Gasteiger partial charge in [0, 0.05) is 11.4 Å². The number of carboxylic acids is 1. The highest BCUT2D eigenvalue weighted by molar-refractivity contribution is 5.94. The Morgan fingerprint density at radius 3 is 2.67 bits per heavy atom. The Kier molecular flexibility index (Phi) is 1.96. The summed E-state index contributed by atoms with van der Waals surface area (Å²) < 4.78 is 1.56. The fourth-order valence-corrected chi connectivity index (χ4v) is 1.51. The molecule has 0 bridgehead atoms. The van der Waals surface area contributed by atoms with Crippen LogP contribution in [-0.4, -0.2) is 25.7 Å². The number of hydrogen-bond acceptors (Lipinski definition) is 3. The molecule has 15 heavy (non-hydrogen) atoms. The summed E-state index contributed by atoms with van der Waals surface area (Å²) in [4.78, 5) is 15.1. The highest BCUT2D eigenvalue weighted by atomic mass is 16.4. The third-order valence-corrected chi connectivity index (χ3v) is 2.65. The minimum atomic E-state index is -1.000. The second-order valence-corrected chi connectivity index (χ2v) is 3.51. The number of nitrogens with zero attached hydrogens (tertiary/aromatic N) is 3. The summed E-state index contributed by atoms with van der Waals surface area (Å²) in [6, 6.07) is 0. The molecule has 0 unspecified atom stereocenters. The fourth-order valence-electron chi connectivity index (χ4n) is 1.51. The molecule has 0 aliphatic heterocycles. The monoisotopic (exact) mass is 205 g/mol. The Morgan fingerprint density at radius 2 is 2.07 bits per heavy atom. The summed E-state index contributed by atoms with van der Waals surface area (Å²) in [6.07, 6.45) is 1.33. The van der Waals surface area contributed by atoms with Gasteiger partial charge in [-0.3, -0.25) is 0 Å². The third kappa shape index (κ3) is 1.27. The van der Waals surface area contributed by atoms with E-state index in [4.69, 9.17) is 5.11 Å². The van der Waals surface area contributed by atoms with Gasteiger partial charge in [-0.1, -0.05) is 0 Å². The summed E-state index contributed by atoms with van der Waals surface area (Å²) >= 11 is 0. The van der Waals surface area contributed by atoms with E-state index in [-0.39, 0.29) is 5.56 Å². The molecule has 2 aromatic rings. The molecule has 2 heterocycles. The molecule has 0 aliphatic carbocycles. The molecule has 0 saturated carbocycles. The van der Waals surface area contributed by atoms with Crippen LogP contribution in [0.25, 0.3) is 5.65 Å². The molecule has 0 amide bonds. The van der Waals surface area contributed by atoms with Gasteiger partial charge >= 0.3 is 5.97 Å². The van der Waals surface area contributed by atoms with Crippen molar-refractivity contribution in [3.63, 3.8) is 0 Å². The SMILES string of the molecule is Cc1nc2c(C(=O)O)cnn2c(C)c1C. The highest BCUT2D eigenvalue weighted by Crippen LogP contribution is 2.15. The van der Waals surface area contributed by atoms with Crippen LogP contribution in [0.1, 0.15) is 27.3 Å². The van der Waals surface area contributed by atoms with Crippen LogP contribution in [0.4, 0.5) is 0 Å². The number of aromatic nitrogens is 3. The molecule has 2 rings (SSSR count). The Hall–Kier alpha value is -1.91. The van der Waals surface area contributed by atoms with Crippen LogP contribution in [0.3, 0.4) is 0 Å². The van der Waals surface area contributed by atoms with Gasteiger partial charge < -0.3 is 5.11 Å². The lowest BCUT2D eigenvalue weighted by atomic mass is 10.2. The first-order valence-electron chi connectivity index (χ1n) is 4.57. The number of carbonyl (C=O) groups is 1. The summed E-state index contributed by atoms with van der Waals surface area (Å²) in [5, 5.41) is 12.9. The van der Waals surface area contributed by atoms with Gasteiger partial charge in [0.15, 0.2) is 5.65 Å². The normalized spacial score (nSPS) is 10.9. The van der Waals surface area contributed by atoms with E-state index >= 15 is 0 Å². The predicted molar refractivity (Wildman–Crippen MR) is 54.2 cm³/mol. The van der Waals surface area contributed by atoms with Crippen molar-refractivity contribution in [2.45, 2.75) is 20.8 Å². The molecule has 0 saturated heterocycles. The fraction of sp³-hybridized carbons (Fsp3) is 0.300. The molecule has 5 heteroatoms. The number of rotatable bonds is 1. The quantitative estimate of drug-likeness (QED) is 0.763. The van der Waals surface area contributed by atoms with E-state index in [1.165, 1.54) is 6.20 Å². The van der Waals surface area contributed by atoms with Crippen molar-refractivity contribution in [1.82, 2.24) is 14.6 Å². The highest BCUT2D eigenvalue weighted by Gasteiger charge is 2.15. The zero-order valence-corrected chi connectivity index (χ0v) is 8.77. The Bertz CT molecular complexity index is 557. The number of aromatic carboxylic acids is 1. The van der Waals surface area contributed by atoms with Gasteiger partial charge in [-0.2, -0.15) is 5.10 Å². The van der Waals surface area contributed by atoms with Crippen LogP contribution < -0.4 is 0 Å². The molecule has 1 N–H and O–H groups in total. The topological polar surface area (TPSA) is 67.5 Å². The summed E-state index contributed by atoms with van der Waals surface area (Å²) in [5.74, 6) is -1.000. The van der Waals surface area contributed by atoms with E-state index in [0.717, 1.165) is 17.0 Å². The van der Waals surface area contributed by atoms with Crippen molar-refractivity contribution in [2.75, 3.05) is 0 Å². The summed E-state index contributed by atoms with van der Waals surface area (Å²) in [7, 11) is 0. The predicted octanol–water partition coefficient (Wildman–Crippen LogP) is 1.35. The molecule has 0 aliphatic rings. The van der Waals surface area contributed by atoms with Crippen molar-refractivity contribution >= 4 is 11.6 Å². The third-order valence-electron chi connectivity index (χ3n) is 2.65. The van der Waals surface area contributed by atoms with E-state index in [1.54, 1.807) is 4.52 Å². The molecule has 2 aromatic heterocycles. The molecular weight excluding hydrogens is 194 g/mol. The molecule has 0 spiro atoms. The molecule has 0 atom stereocenters. The summed E-state index contributed by atoms with van der Waals surface area (Å²) in [6.45, 7) is 5.70. The summed E-state index contributed by atoms with van der Waals surface area (Å²) in [5.41, 5.74) is 3.33. The maximum Gasteiger partial charge on any atom is 0.341 e. The van der Waals surface area contributed by atoms with Gasteiger partial charge in [0.1, 0.15) is 5.56 Å². The van der Waals surface area contributed by atoms with Crippen LogP contribution in [-0.2, 0) is 0 Å². The lowest BCUT2D eigenvalue weighted by molar-refractivity contribution is 0.0699. The Morgan fingerprint density at radius 1 is 1.40 bits per heavy atom. The first kappa shape index (κ1) is 9.64. The van der Waals surface area contributed by atoms with Crippen LogP contribution in [0.5, 0.6) is 0 Å². The molecule has 5 nitrogen and oxygen atoms in total. The van der Waals surface area contributed by atoms with Gasteiger partial charge in [0.05, 0.1) is 6.20 Å². The first-order chi connectivity index (χ1) is 7.02. The lowest BCUT2D eigenvalue weighted by Crippen LogP contribution is -2.04. The van der Waals surface area contributed by atoms with Crippen molar-refractivity contribution in [3.05, 3.63) is 28.7 Å². The zero-order valence-electron chi connectivity index (χ0n) is 8.77. The van der Waals surface area contributed by atoms with Gasteiger partial charge in [-0.25, -0.2) is 14.3 Å². The van der Waals surface area contributed by atoms with Gasteiger partial charge in [0.2, 0.25) is 0 Å². The number of carboxylic acid groups (broad SMARTS) is 1. The minimum Gasteiger partial charge on any atom is -0.477 e. The Balaban J connectivity index is 2.89. The van der Waals surface area contributed by atoms with E-state index in [9.17, 15) is 4.79 Å². The maximum atomic E-state index is 10.9. The van der Waals surface area contributed by atoms with Crippen LogP contribution in [0, 0.1) is 20.8 Å². The van der Waals surface area contributed by atoms with Crippen molar-refractivity contribution in [2.24, 2.45) is 0 Å². The van der Waals surface area contributed by atoms with Crippen molar-refractivity contribution in [3.8, 4) is 0 Å². The second-order valence-electron chi connectivity index (χ2n) is 3.51. The zero-order chi connectivity index (χ0) is 11.2. The van der Waals surface area contributed by atoms with E-state index in [0.29, 0.717) is 5.65 Å². The molecule has 0 aromatic carbocycles. The molecule has 78 valence electrons. The van der Waals surface area contributed by atoms with Crippen molar-refractivity contribution < 1.29 is 9.90 Å². The van der Waals surface area contributed by atoms with Crippen LogP contribution >= 0.6 is 0 Å². The van der Waals surface area contributed by atoms with E-state index in [1.807, 2.05) is 20.8 Å². The Labute approximate surface area is 86.4 Å². The number of hydrogen-bond donors (Lipinski definition) is 1. The van der Waals surface area contributed by atoms with Gasteiger partial charge in [-0.15, -0.1) is 0 Å². The van der Waals surface area contributed by atoms with E-state index < -0.39 is 5.97 Å². The molecular formula is C10H11N3O2. The number of fused-ring (bicyclic) bond motifs is 1. The standard InChI is InChI=1S/C10H11N3O2/c1-5-6(2)12-9-8(10(14)15)4-11-13(9)7(5)3/h4H,1-3H3,(H,14,15). The van der Waals surface area contributed by atoms with Gasteiger partial charge in [-0.05, 0) is 26.3 Å². The largest absolute Gasteiger partial charge is 0.477 e. The lowest BCUT2D eigenvalue weighted by Gasteiger charge is -2.06. The number of aryl methyl sites for hydroxylation is 2. The van der Waals surface area contributed by atoms with E-state index in [2.05, 4.69) is 10.1 Å². The van der Waals surface area contributed by atoms with Gasteiger partial charge in [0.25, 0.3) is 0 Å². The average Bonchev–Trinajstić information content (AvgIpc) is 2.58. The molecule has 0 fully saturated rings. The first-order valence-corrected chi connectivity index (χ1v) is 4.57. The smallest absolute Gasteiger partial charge is 0.341 e.